The highest BCUT2D eigenvalue weighted by Crippen LogP contribution is 2.30. The van der Waals surface area contributed by atoms with Crippen molar-refractivity contribution in [3.8, 4) is 17.6 Å². The second-order valence-electron chi connectivity index (χ2n) is 7.40. The summed E-state index contributed by atoms with van der Waals surface area (Å²) in [5, 5.41) is 20.5. The Morgan fingerprint density at radius 2 is 1.94 bits per heavy atom. The number of methoxy groups -OCH3 is 1. The van der Waals surface area contributed by atoms with Crippen LogP contribution in [0.3, 0.4) is 0 Å². The molecule has 0 unspecified atom stereocenters. The predicted molar refractivity (Wildman–Crippen MR) is 125 cm³/mol. The van der Waals surface area contributed by atoms with Crippen molar-refractivity contribution in [1.82, 2.24) is 9.97 Å². The molecule has 0 fully saturated rings. The van der Waals surface area contributed by atoms with Gasteiger partial charge in [0.15, 0.2) is 11.5 Å². The Morgan fingerprint density at radius 3 is 2.64 bits per heavy atom. The molecule has 0 aliphatic rings. The number of H-pyrrole nitrogens is 1. The van der Waals surface area contributed by atoms with Gasteiger partial charge in [-0.3, -0.25) is 10.1 Å². The fourth-order valence-electron chi connectivity index (χ4n) is 3.34. The van der Waals surface area contributed by atoms with Crippen LogP contribution in [-0.4, -0.2) is 22.0 Å². The van der Waals surface area contributed by atoms with Gasteiger partial charge in [-0.05, 0) is 66.1 Å². The van der Waals surface area contributed by atoms with Crippen molar-refractivity contribution in [3.05, 3.63) is 93.3 Å². The van der Waals surface area contributed by atoms with E-state index in [1.807, 2.05) is 31.2 Å². The highest BCUT2D eigenvalue weighted by Gasteiger charge is 2.11. The van der Waals surface area contributed by atoms with Gasteiger partial charge in [-0.15, -0.1) is 0 Å². The van der Waals surface area contributed by atoms with Crippen LogP contribution < -0.4 is 9.47 Å². The molecule has 0 spiro atoms. The number of nitrogens with one attached hydrogen (secondary N) is 1. The topological polar surface area (TPSA) is 114 Å². The van der Waals surface area contributed by atoms with Crippen LogP contribution in [0.25, 0.3) is 22.7 Å². The number of rotatable bonds is 7. The third-order valence-corrected chi connectivity index (χ3v) is 5.05. The molecule has 0 aliphatic carbocycles. The van der Waals surface area contributed by atoms with Crippen LogP contribution in [0.15, 0.2) is 60.7 Å². The van der Waals surface area contributed by atoms with Crippen molar-refractivity contribution in [3.63, 3.8) is 0 Å². The molecule has 1 heterocycles. The first-order chi connectivity index (χ1) is 16.0. The average molecular weight is 440 g/mol. The Morgan fingerprint density at radius 1 is 1.15 bits per heavy atom. The number of hydrogen-bond acceptors (Lipinski definition) is 6. The van der Waals surface area contributed by atoms with Crippen molar-refractivity contribution >= 4 is 28.4 Å². The molecule has 1 N–H and O–H groups in total. The van der Waals surface area contributed by atoms with E-state index >= 15 is 0 Å². The van der Waals surface area contributed by atoms with E-state index in [9.17, 15) is 15.4 Å². The molecular formula is C25H20N4O4. The maximum absolute atomic E-state index is 10.8. The number of aromatic nitrogens is 2. The second-order valence-corrected chi connectivity index (χ2v) is 7.40. The lowest BCUT2D eigenvalue weighted by molar-refractivity contribution is -0.384. The van der Waals surface area contributed by atoms with E-state index in [1.54, 1.807) is 30.3 Å². The zero-order chi connectivity index (χ0) is 23.4. The van der Waals surface area contributed by atoms with Crippen LogP contribution in [0.2, 0.25) is 0 Å². The number of fused-ring (bicyclic) bond motifs is 1. The number of nitriles is 1. The van der Waals surface area contributed by atoms with Gasteiger partial charge < -0.3 is 14.5 Å². The Hall–Kier alpha value is -4.64. The average Bonchev–Trinajstić information content (AvgIpc) is 3.24. The van der Waals surface area contributed by atoms with Gasteiger partial charge in [0, 0.05) is 12.1 Å². The number of allylic oxidation sites excluding steroid dienone is 1. The molecule has 0 atom stereocenters. The lowest BCUT2D eigenvalue weighted by Crippen LogP contribution is -1.98. The lowest BCUT2D eigenvalue weighted by Gasteiger charge is -2.11. The molecular weight excluding hydrogens is 420 g/mol. The molecule has 0 radical (unpaired) electrons. The summed E-state index contributed by atoms with van der Waals surface area (Å²) in [7, 11) is 1.54. The minimum absolute atomic E-state index is 0.0281. The molecule has 0 saturated carbocycles. The molecule has 164 valence electrons. The Labute approximate surface area is 189 Å². The number of ether oxygens (including phenoxy) is 2. The van der Waals surface area contributed by atoms with E-state index in [0.29, 0.717) is 22.9 Å². The third kappa shape index (κ3) is 4.83. The number of nitro groups is 1. The van der Waals surface area contributed by atoms with E-state index < -0.39 is 4.92 Å². The summed E-state index contributed by atoms with van der Waals surface area (Å²) in [6.07, 6.45) is 1.73. The summed E-state index contributed by atoms with van der Waals surface area (Å²) in [4.78, 5) is 18.1. The van der Waals surface area contributed by atoms with Gasteiger partial charge in [0.2, 0.25) is 0 Å². The number of imidazole rings is 1. The Balaban J connectivity index is 1.55. The number of non-ortho nitro benzene ring substituents is 1. The smallest absolute Gasteiger partial charge is 0.269 e. The van der Waals surface area contributed by atoms with Crippen molar-refractivity contribution in [2.45, 2.75) is 13.5 Å². The number of hydrogen-bond donors (Lipinski definition) is 1. The summed E-state index contributed by atoms with van der Waals surface area (Å²) in [5.41, 5.74) is 4.74. The normalized spacial score (nSPS) is 11.2. The van der Waals surface area contributed by atoms with Crippen LogP contribution in [0.4, 0.5) is 5.69 Å². The van der Waals surface area contributed by atoms with Crippen molar-refractivity contribution in [1.29, 1.82) is 5.26 Å². The number of nitrogens with zero attached hydrogens (tertiary/aromatic N) is 3. The number of nitro benzene ring substituents is 1. The SMILES string of the molecule is COc1cc(C=C(C#N)c2nc3ccc(C)cc3[nH]2)ccc1OCc1ccc([N+](=O)[O-])cc1. The summed E-state index contributed by atoms with van der Waals surface area (Å²) in [6.45, 7) is 2.23. The van der Waals surface area contributed by atoms with Gasteiger partial charge >= 0.3 is 0 Å². The molecule has 4 aromatic rings. The van der Waals surface area contributed by atoms with Crippen molar-refractivity contribution in [2.24, 2.45) is 0 Å². The zero-order valence-electron chi connectivity index (χ0n) is 18.0. The lowest BCUT2D eigenvalue weighted by atomic mass is 10.1. The first kappa shape index (κ1) is 21.6. The van der Waals surface area contributed by atoms with E-state index in [-0.39, 0.29) is 12.3 Å². The summed E-state index contributed by atoms with van der Waals surface area (Å²) < 4.78 is 11.3. The zero-order valence-corrected chi connectivity index (χ0v) is 18.0. The summed E-state index contributed by atoms with van der Waals surface area (Å²) >= 11 is 0. The van der Waals surface area contributed by atoms with Gasteiger partial charge in [-0.1, -0.05) is 12.1 Å². The molecule has 1 aromatic heterocycles. The second kappa shape index (κ2) is 9.24. The van der Waals surface area contributed by atoms with Gasteiger partial charge in [0.1, 0.15) is 18.5 Å². The number of aromatic amines is 1. The molecule has 0 bridgehead atoms. The molecule has 4 rings (SSSR count). The van der Waals surface area contributed by atoms with Crippen LogP contribution in [0.1, 0.15) is 22.5 Å². The van der Waals surface area contributed by atoms with E-state index in [2.05, 4.69) is 16.0 Å². The van der Waals surface area contributed by atoms with Gasteiger partial charge in [-0.2, -0.15) is 5.26 Å². The standard InChI is InChI=1S/C25H20N4O4/c1-16-3-9-21-22(11-16)28-25(27-21)19(14-26)12-18-6-10-23(24(13-18)32-2)33-15-17-4-7-20(8-5-17)29(30)31/h3-13H,15H2,1-2H3,(H,27,28). The van der Waals surface area contributed by atoms with Crippen LogP contribution in [0, 0.1) is 28.4 Å². The van der Waals surface area contributed by atoms with Crippen LogP contribution in [0.5, 0.6) is 11.5 Å². The van der Waals surface area contributed by atoms with Crippen molar-refractivity contribution in [2.75, 3.05) is 7.11 Å². The van der Waals surface area contributed by atoms with Gasteiger partial charge in [0.25, 0.3) is 5.69 Å². The van der Waals surface area contributed by atoms with E-state index in [1.165, 1.54) is 19.2 Å². The molecule has 0 saturated heterocycles. The molecule has 0 aliphatic heterocycles. The van der Waals surface area contributed by atoms with Crippen molar-refractivity contribution < 1.29 is 14.4 Å². The largest absolute Gasteiger partial charge is 0.493 e. The van der Waals surface area contributed by atoms with E-state index in [4.69, 9.17) is 9.47 Å². The van der Waals surface area contributed by atoms with Crippen LogP contribution in [-0.2, 0) is 6.61 Å². The Kier molecular flexibility index (Phi) is 6.04. The first-order valence-corrected chi connectivity index (χ1v) is 10.1. The highest BCUT2D eigenvalue weighted by atomic mass is 16.6. The number of aryl methyl sites for hydroxylation is 1. The highest BCUT2D eigenvalue weighted by molar-refractivity contribution is 5.90. The first-order valence-electron chi connectivity index (χ1n) is 10.1. The molecule has 3 aromatic carbocycles. The quantitative estimate of drug-likeness (QED) is 0.233. The molecule has 8 heteroatoms. The number of benzene rings is 3. The monoisotopic (exact) mass is 440 g/mol. The fourth-order valence-corrected chi connectivity index (χ4v) is 3.34. The maximum Gasteiger partial charge on any atom is 0.269 e. The molecule has 8 nitrogen and oxygen atoms in total. The minimum Gasteiger partial charge on any atom is -0.493 e. The minimum atomic E-state index is -0.443. The summed E-state index contributed by atoms with van der Waals surface area (Å²) in [5.74, 6) is 1.52. The third-order valence-electron chi connectivity index (χ3n) is 5.05. The Bertz CT molecular complexity index is 1400. The molecule has 33 heavy (non-hydrogen) atoms. The van der Waals surface area contributed by atoms with Gasteiger partial charge in [0.05, 0.1) is 28.6 Å². The van der Waals surface area contributed by atoms with E-state index in [0.717, 1.165) is 27.7 Å². The predicted octanol–water partition coefficient (Wildman–Crippen LogP) is 5.43. The van der Waals surface area contributed by atoms with Gasteiger partial charge in [-0.25, -0.2) is 4.98 Å². The summed E-state index contributed by atoms with van der Waals surface area (Å²) in [6, 6.07) is 19.6. The fraction of sp³-hybridized carbons (Fsp3) is 0.120. The maximum atomic E-state index is 10.8. The van der Waals surface area contributed by atoms with Crippen LogP contribution >= 0.6 is 0 Å². The molecule has 0 amide bonds.